The standard InChI is InChI=1S/C11H15F3N2O2S/c1-2-7-16(8-11(12,13)14)19(17,18)10-6-4-3-5-9(10)15/h3-6H,2,7-8,15H2,1H3. The van der Waals surface area contributed by atoms with Crippen LogP contribution in [0.25, 0.3) is 0 Å². The van der Waals surface area contributed by atoms with Gasteiger partial charge < -0.3 is 5.73 Å². The summed E-state index contributed by atoms with van der Waals surface area (Å²) in [5.74, 6) is 0. The van der Waals surface area contributed by atoms with Gasteiger partial charge in [-0.1, -0.05) is 19.1 Å². The molecule has 2 N–H and O–H groups in total. The summed E-state index contributed by atoms with van der Waals surface area (Å²) in [7, 11) is -4.24. The number of sulfonamides is 1. The van der Waals surface area contributed by atoms with Crippen molar-refractivity contribution in [3.05, 3.63) is 24.3 Å². The Morgan fingerprint density at radius 1 is 1.26 bits per heavy atom. The lowest BCUT2D eigenvalue weighted by molar-refractivity contribution is -0.136. The van der Waals surface area contributed by atoms with Crippen LogP contribution in [0.2, 0.25) is 0 Å². The Kier molecular flexibility index (Phi) is 4.81. The van der Waals surface area contributed by atoms with E-state index in [0.29, 0.717) is 4.31 Å². The molecule has 0 atom stereocenters. The first-order valence-corrected chi connectivity index (χ1v) is 7.04. The monoisotopic (exact) mass is 296 g/mol. The zero-order chi connectivity index (χ0) is 14.7. The molecular weight excluding hydrogens is 281 g/mol. The second-order valence-corrected chi connectivity index (χ2v) is 5.90. The molecule has 0 aliphatic rings. The highest BCUT2D eigenvalue weighted by Gasteiger charge is 2.37. The minimum atomic E-state index is -4.59. The van der Waals surface area contributed by atoms with Crippen LogP contribution < -0.4 is 5.73 Å². The molecule has 19 heavy (non-hydrogen) atoms. The molecule has 0 aliphatic carbocycles. The topological polar surface area (TPSA) is 63.4 Å². The lowest BCUT2D eigenvalue weighted by atomic mass is 10.3. The van der Waals surface area contributed by atoms with Crippen LogP contribution in [0.3, 0.4) is 0 Å². The maximum atomic E-state index is 12.4. The van der Waals surface area contributed by atoms with Gasteiger partial charge in [-0.05, 0) is 18.6 Å². The van der Waals surface area contributed by atoms with Crippen LogP contribution in [0, 0.1) is 0 Å². The summed E-state index contributed by atoms with van der Waals surface area (Å²) < 4.78 is 62.0. The van der Waals surface area contributed by atoms with Gasteiger partial charge >= 0.3 is 6.18 Å². The fraction of sp³-hybridized carbons (Fsp3) is 0.455. The van der Waals surface area contributed by atoms with E-state index in [0.717, 1.165) is 0 Å². The van der Waals surface area contributed by atoms with Gasteiger partial charge in [0.15, 0.2) is 0 Å². The molecule has 8 heteroatoms. The summed E-state index contributed by atoms with van der Waals surface area (Å²) in [5.41, 5.74) is 5.45. The van der Waals surface area contributed by atoms with E-state index in [1.807, 2.05) is 0 Å². The first kappa shape index (κ1) is 15.8. The van der Waals surface area contributed by atoms with Gasteiger partial charge in [-0.3, -0.25) is 0 Å². The minimum absolute atomic E-state index is 0.0641. The van der Waals surface area contributed by atoms with Crippen molar-refractivity contribution in [2.75, 3.05) is 18.8 Å². The van der Waals surface area contributed by atoms with Crippen molar-refractivity contribution < 1.29 is 21.6 Å². The molecule has 1 aromatic carbocycles. The molecule has 0 radical (unpaired) electrons. The summed E-state index contributed by atoms with van der Waals surface area (Å²) in [4.78, 5) is -0.298. The van der Waals surface area contributed by atoms with Gasteiger partial charge in [-0.2, -0.15) is 17.5 Å². The number of benzene rings is 1. The average molecular weight is 296 g/mol. The van der Waals surface area contributed by atoms with Crippen molar-refractivity contribution in [1.29, 1.82) is 0 Å². The second-order valence-electron chi connectivity index (χ2n) is 3.99. The average Bonchev–Trinajstić information content (AvgIpc) is 2.27. The van der Waals surface area contributed by atoms with Gasteiger partial charge in [0.2, 0.25) is 10.0 Å². The van der Waals surface area contributed by atoms with Gasteiger partial charge in [0.05, 0.1) is 5.69 Å². The molecule has 1 rings (SSSR count). The SMILES string of the molecule is CCCN(CC(F)(F)F)S(=O)(=O)c1ccccc1N. The lowest BCUT2D eigenvalue weighted by Crippen LogP contribution is -2.39. The normalized spacial score (nSPS) is 12.9. The predicted octanol–water partition coefficient (Wildman–Crippen LogP) is 2.23. The van der Waals surface area contributed by atoms with Crippen molar-refractivity contribution in [2.24, 2.45) is 0 Å². The highest BCUT2D eigenvalue weighted by molar-refractivity contribution is 7.89. The molecule has 0 spiro atoms. The number of para-hydroxylation sites is 1. The van der Waals surface area contributed by atoms with Gasteiger partial charge in [-0.15, -0.1) is 0 Å². The zero-order valence-electron chi connectivity index (χ0n) is 10.3. The van der Waals surface area contributed by atoms with Crippen LogP contribution in [0.15, 0.2) is 29.2 Å². The molecule has 1 aromatic rings. The van der Waals surface area contributed by atoms with E-state index in [-0.39, 0.29) is 23.5 Å². The van der Waals surface area contributed by atoms with Crippen LogP contribution in [-0.2, 0) is 10.0 Å². The molecular formula is C11H15F3N2O2S. The Bertz CT molecular complexity index is 529. The molecule has 0 amide bonds. The summed E-state index contributed by atoms with van der Waals surface area (Å²) in [6.45, 7) is -0.124. The molecule has 0 fully saturated rings. The van der Waals surface area contributed by atoms with Gasteiger partial charge in [-0.25, -0.2) is 8.42 Å². The van der Waals surface area contributed by atoms with E-state index < -0.39 is 22.7 Å². The molecule has 108 valence electrons. The third-order valence-electron chi connectivity index (χ3n) is 2.37. The van der Waals surface area contributed by atoms with Gasteiger partial charge in [0.1, 0.15) is 11.4 Å². The predicted molar refractivity (Wildman–Crippen MR) is 66.0 cm³/mol. The number of hydrogen-bond acceptors (Lipinski definition) is 3. The van der Waals surface area contributed by atoms with Crippen LogP contribution in [0.4, 0.5) is 18.9 Å². The summed E-state index contributed by atoms with van der Waals surface area (Å²) in [6.07, 6.45) is -4.31. The van der Waals surface area contributed by atoms with Crippen molar-refractivity contribution in [2.45, 2.75) is 24.4 Å². The number of alkyl halides is 3. The van der Waals surface area contributed by atoms with E-state index in [2.05, 4.69) is 0 Å². The maximum absolute atomic E-state index is 12.4. The summed E-state index contributed by atoms with van der Waals surface area (Å²) >= 11 is 0. The highest BCUT2D eigenvalue weighted by atomic mass is 32.2. The summed E-state index contributed by atoms with van der Waals surface area (Å²) in [5, 5.41) is 0. The summed E-state index contributed by atoms with van der Waals surface area (Å²) in [6, 6.07) is 5.47. The molecule has 0 saturated heterocycles. The Morgan fingerprint density at radius 2 is 1.84 bits per heavy atom. The Balaban J connectivity index is 3.17. The molecule has 0 heterocycles. The third kappa shape index (κ3) is 4.10. The lowest BCUT2D eigenvalue weighted by Gasteiger charge is -2.23. The van der Waals surface area contributed by atoms with Crippen LogP contribution >= 0.6 is 0 Å². The molecule has 0 saturated carbocycles. The third-order valence-corrected chi connectivity index (χ3v) is 4.28. The number of rotatable bonds is 5. The van der Waals surface area contributed by atoms with Crippen molar-refractivity contribution in [1.82, 2.24) is 4.31 Å². The quantitative estimate of drug-likeness (QED) is 0.848. The second kappa shape index (κ2) is 5.79. The van der Waals surface area contributed by atoms with E-state index >= 15 is 0 Å². The molecule has 0 unspecified atom stereocenters. The molecule has 0 aromatic heterocycles. The Labute approximate surface area is 110 Å². The van der Waals surface area contributed by atoms with Crippen molar-refractivity contribution in [3.63, 3.8) is 0 Å². The number of anilines is 1. The number of nitrogens with zero attached hydrogens (tertiary/aromatic N) is 1. The number of nitrogen functional groups attached to an aromatic ring is 1. The largest absolute Gasteiger partial charge is 0.402 e. The van der Waals surface area contributed by atoms with Crippen molar-refractivity contribution in [3.8, 4) is 0 Å². The number of nitrogens with two attached hydrogens (primary N) is 1. The van der Waals surface area contributed by atoms with Crippen LogP contribution in [0.1, 0.15) is 13.3 Å². The maximum Gasteiger partial charge on any atom is 0.402 e. The van der Waals surface area contributed by atoms with Crippen LogP contribution in [-0.4, -0.2) is 32.0 Å². The minimum Gasteiger partial charge on any atom is -0.398 e. The first-order valence-electron chi connectivity index (χ1n) is 5.60. The molecule has 0 aliphatic heterocycles. The van der Waals surface area contributed by atoms with Gasteiger partial charge in [0.25, 0.3) is 0 Å². The van der Waals surface area contributed by atoms with E-state index in [1.54, 1.807) is 6.92 Å². The Morgan fingerprint density at radius 3 is 2.32 bits per heavy atom. The van der Waals surface area contributed by atoms with Crippen LogP contribution in [0.5, 0.6) is 0 Å². The first-order chi connectivity index (χ1) is 8.68. The van der Waals surface area contributed by atoms with E-state index in [1.165, 1.54) is 24.3 Å². The highest BCUT2D eigenvalue weighted by Crippen LogP contribution is 2.25. The molecule has 0 bridgehead atoms. The van der Waals surface area contributed by atoms with Gasteiger partial charge in [0, 0.05) is 6.54 Å². The van der Waals surface area contributed by atoms with Crippen molar-refractivity contribution >= 4 is 15.7 Å². The number of halogens is 3. The number of hydrogen-bond donors (Lipinski definition) is 1. The molecule has 4 nitrogen and oxygen atoms in total. The van der Waals surface area contributed by atoms with E-state index in [9.17, 15) is 21.6 Å². The zero-order valence-corrected chi connectivity index (χ0v) is 11.1. The smallest absolute Gasteiger partial charge is 0.398 e. The van der Waals surface area contributed by atoms with E-state index in [4.69, 9.17) is 5.73 Å². The fourth-order valence-electron chi connectivity index (χ4n) is 1.59. The fourth-order valence-corrected chi connectivity index (χ4v) is 3.22. The Hall–Kier alpha value is -1.28.